The summed E-state index contributed by atoms with van der Waals surface area (Å²) in [5, 5.41) is 8.65. The van der Waals surface area contributed by atoms with Gasteiger partial charge in [0.1, 0.15) is 0 Å². The number of thiophene rings is 1. The Bertz CT molecular complexity index is 486. The molecule has 3 nitrogen and oxygen atoms in total. The van der Waals surface area contributed by atoms with E-state index in [1.54, 1.807) is 17.4 Å². The van der Waals surface area contributed by atoms with Crippen LogP contribution in [0.1, 0.15) is 35.4 Å². The maximum absolute atomic E-state index is 10.5. The Balaban J connectivity index is 1.57. The molecule has 4 heteroatoms. The lowest BCUT2D eigenvalue weighted by Gasteiger charge is -2.21. The molecule has 1 aromatic heterocycles. The van der Waals surface area contributed by atoms with E-state index >= 15 is 0 Å². The number of carbonyl (C=O) groups is 1. The first-order chi connectivity index (χ1) is 9.69. The van der Waals surface area contributed by atoms with E-state index < -0.39 is 5.97 Å². The Morgan fingerprint density at radius 3 is 2.45 bits per heavy atom. The molecule has 0 atom stereocenters. The van der Waals surface area contributed by atoms with Crippen molar-refractivity contribution in [3.8, 4) is 0 Å². The van der Waals surface area contributed by atoms with Crippen molar-refractivity contribution in [2.45, 2.75) is 32.2 Å². The fourth-order valence-corrected chi connectivity index (χ4v) is 3.44. The van der Waals surface area contributed by atoms with Crippen LogP contribution in [0.4, 0.5) is 0 Å². The van der Waals surface area contributed by atoms with Crippen molar-refractivity contribution in [2.75, 3.05) is 13.1 Å². The van der Waals surface area contributed by atoms with Crippen LogP contribution in [0.2, 0.25) is 0 Å². The standard InChI is InChI=1S/C16H21NO2S/c18-16(19)8-7-14-5-6-15(20-14)11-17(9-12-1-2-12)10-13-3-4-13/h5-8,12-13H,1-4,9-11H2,(H,18,19). The van der Waals surface area contributed by atoms with Crippen LogP contribution >= 0.6 is 11.3 Å². The van der Waals surface area contributed by atoms with Crippen molar-refractivity contribution < 1.29 is 9.90 Å². The molecular formula is C16H21NO2S. The lowest BCUT2D eigenvalue weighted by atomic mass is 10.3. The molecule has 108 valence electrons. The minimum absolute atomic E-state index is 0.885. The molecule has 0 aliphatic heterocycles. The number of hydrogen-bond acceptors (Lipinski definition) is 3. The molecule has 3 rings (SSSR count). The molecule has 0 radical (unpaired) electrons. The topological polar surface area (TPSA) is 40.5 Å². The Labute approximate surface area is 123 Å². The van der Waals surface area contributed by atoms with Crippen LogP contribution in [0.15, 0.2) is 18.2 Å². The van der Waals surface area contributed by atoms with E-state index in [0.29, 0.717) is 0 Å². The summed E-state index contributed by atoms with van der Waals surface area (Å²) in [4.78, 5) is 15.5. The minimum Gasteiger partial charge on any atom is -0.478 e. The van der Waals surface area contributed by atoms with E-state index in [1.165, 1.54) is 49.7 Å². The minimum atomic E-state index is -0.885. The molecule has 0 bridgehead atoms. The Hall–Kier alpha value is -1.13. The second kappa shape index (κ2) is 6.10. The van der Waals surface area contributed by atoms with Gasteiger partial charge in [-0.15, -0.1) is 11.3 Å². The van der Waals surface area contributed by atoms with Gasteiger partial charge in [-0.05, 0) is 55.7 Å². The predicted octanol–water partition coefficient (Wildman–Crippen LogP) is 3.47. The number of carboxylic acids is 1. The van der Waals surface area contributed by atoms with Gasteiger partial charge in [-0.3, -0.25) is 4.90 Å². The van der Waals surface area contributed by atoms with Crippen LogP contribution < -0.4 is 0 Å². The van der Waals surface area contributed by atoms with E-state index in [0.717, 1.165) is 23.3 Å². The van der Waals surface area contributed by atoms with Crippen molar-refractivity contribution in [1.29, 1.82) is 0 Å². The summed E-state index contributed by atoms with van der Waals surface area (Å²) >= 11 is 1.71. The second-order valence-corrected chi connectivity index (χ2v) is 7.26. The zero-order chi connectivity index (χ0) is 13.9. The molecule has 1 aromatic rings. The van der Waals surface area contributed by atoms with Crippen LogP contribution in [-0.4, -0.2) is 29.1 Å². The normalized spacial score (nSPS) is 19.1. The lowest BCUT2D eigenvalue weighted by Crippen LogP contribution is -2.27. The number of nitrogens with zero attached hydrogens (tertiary/aromatic N) is 1. The summed E-state index contributed by atoms with van der Waals surface area (Å²) in [5.74, 6) is 0.976. The van der Waals surface area contributed by atoms with Crippen molar-refractivity contribution in [2.24, 2.45) is 11.8 Å². The highest BCUT2D eigenvalue weighted by Gasteiger charge is 2.29. The van der Waals surface area contributed by atoms with Gasteiger partial charge in [0.25, 0.3) is 0 Å². The number of aliphatic carboxylic acids is 1. The number of carboxylic acid groups (broad SMARTS) is 1. The SMILES string of the molecule is O=C(O)C=Cc1ccc(CN(CC2CC2)CC2CC2)s1. The Morgan fingerprint density at radius 1 is 1.25 bits per heavy atom. The van der Waals surface area contributed by atoms with Crippen LogP contribution in [-0.2, 0) is 11.3 Å². The summed E-state index contributed by atoms with van der Waals surface area (Å²) < 4.78 is 0. The van der Waals surface area contributed by atoms with Gasteiger partial charge < -0.3 is 5.11 Å². The maximum Gasteiger partial charge on any atom is 0.328 e. The monoisotopic (exact) mass is 291 g/mol. The highest BCUT2D eigenvalue weighted by molar-refractivity contribution is 7.12. The molecule has 0 saturated heterocycles. The third-order valence-corrected chi connectivity index (χ3v) is 4.91. The molecule has 0 aromatic carbocycles. The van der Waals surface area contributed by atoms with Crippen molar-refractivity contribution in [1.82, 2.24) is 4.90 Å². The first-order valence-corrected chi connectivity index (χ1v) is 8.23. The quantitative estimate of drug-likeness (QED) is 0.746. The zero-order valence-corrected chi connectivity index (χ0v) is 12.4. The first-order valence-electron chi connectivity index (χ1n) is 7.41. The predicted molar refractivity (Wildman–Crippen MR) is 81.7 cm³/mol. The van der Waals surface area contributed by atoms with Gasteiger partial charge in [-0.25, -0.2) is 4.79 Å². The average molecular weight is 291 g/mol. The van der Waals surface area contributed by atoms with Crippen LogP contribution in [0.3, 0.4) is 0 Å². The summed E-state index contributed by atoms with van der Waals surface area (Å²) in [6.45, 7) is 3.52. The van der Waals surface area contributed by atoms with Gasteiger partial charge in [0, 0.05) is 35.5 Å². The summed E-state index contributed by atoms with van der Waals surface area (Å²) in [7, 11) is 0. The average Bonchev–Trinajstić information content (AvgIpc) is 3.31. The first kappa shape index (κ1) is 13.8. The molecule has 1 N–H and O–H groups in total. The van der Waals surface area contributed by atoms with Gasteiger partial charge >= 0.3 is 5.97 Å². The zero-order valence-electron chi connectivity index (χ0n) is 11.6. The van der Waals surface area contributed by atoms with Gasteiger partial charge in [0.15, 0.2) is 0 Å². The second-order valence-electron chi connectivity index (χ2n) is 6.06. The van der Waals surface area contributed by atoms with E-state index in [4.69, 9.17) is 5.11 Å². The van der Waals surface area contributed by atoms with Crippen LogP contribution in [0.25, 0.3) is 6.08 Å². The summed E-state index contributed by atoms with van der Waals surface area (Å²) in [6.07, 6.45) is 8.50. The van der Waals surface area contributed by atoms with Crippen molar-refractivity contribution in [3.05, 3.63) is 28.0 Å². The Kier molecular flexibility index (Phi) is 4.22. The highest BCUT2D eigenvalue weighted by atomic mass is 32.1. The van der Waals surface area contributed by atoms with E-state index in [1.807, 2.05) is 6.07 Å². The van der Waals surface area contributed by atoms with Gasteiger partial charge in [0.2, 0.25) is 0 Å². The molecule has 20 heavy (non-hydrogen) atoms. The molecular weight excluding hydrogens is 270 g/mol. The maximum atomic E-state index is 10.5. The fraction of sp³-hybridized carbons (Fsp3) is 0.562. The van der Waals surface area contributed by atoms with Gasteiger partial charge in [0.05, 0.1) is 0 Å². The molecule has 0 unspecified atom stereocenters. The fourth-order valence-electron chi connectivity index (χ4n) is 2.48. The molecule has 2 aliphatic rings. The smallest absolute Gasteiger partial charge is 0.328 e. The summed E-state index contributed by atoms with van der Waals surface area (Å²) in [5.41, 5.74) is 0. The van der Waals surface area contributed by atoms with E-state index in [9.17, 15) is 4.79 Å². The molecule has 2 saturated carbocycles. The van der Waals surface area contributed by atoms with E-state index in [2.05, 4.69) is 11.0 Å². The van der Waals surface area contributed by atoms with Gasteiger partial charge in [-0.2, -0.15) is 0 Å². The third kappa shape index (κ3) is 4.46. The lowest BCUT2D eigenvalue weighted by molar-refractivity contribution is -0.131. The van der Waals surface area contributed by atoms with Crippen LogP contribution in [0, 0.1) is 11.8 Å². The molecule has 0 amide bonds. The van der Waals surface area contributed by atoms with Crippen LogP contribution in [0.5, 0.6) is 0 Å². The molecule has 1 heterocycles. The van der Waals surface area contributed by atoms with Crippen molar-refractivity contribution in [3.63, 3.8) is 0 Å². The largest absolute Gasteiger partial charge is 0.478 e. The molecule has 2 aliphatic carbocycles. The van der Waals surface area contributed by atoms with Gasteiger partial charge in [-0.1, -0.05) is 0 Å². The number of hydrogen-bond donors (Lipinski definition) is 1. The third-order valence-electron chi connectivity index (χ3n) is 3.88. The van der Waals surface area contributed by atoms with Crippen molar-refractivity contribution >= 4 is 23.4 Å². The Morgan fingerprint density at radius 2 is 1.90 bits per heavy atom. The summed E-state index contributed by atoms with van der Waals surface area (Å²) in [6, 6.07) is 4.16. The number of rotatable bonds is 8. The molecule has 0 spiro atoms. The molecule has 2 fully saturated rings. The highest BCUT2D eigenvalue weighted by Crippen LogP contribution is 2.34. The van der Waals surface area contributed by atoms with E-state index in [-0.39, 0.29) is 0 Å².